The van der Waals surface area contributed by atoms with E-state index < -0.39 is 17.0 Å². The number of carboxylic acid groups (broad SMARTS) is 1. The van der Waals surface area contributed by atoms with E-state index in [1.165, 1.54) is 18.6 Å². The monoisotopic (exact) mass is 750 g/mol. The molecule has 2 rings (SSSR count). The number of nitrogens with zero attached hydrogens (tertiary/aromatic N) is 3. The standard InChI is InChI=1S/C5H5ClN2.C5H6N2O.C3H4O3.C2H6N2.C2H6.Cl3OP.W/c1-4-5(6)8-3-2-7-4;1-4-5(8)7-3-2-6-4;1-2(4)3(5)6;3-1-2-4;1-2;1-5(2,3)4;/h2-3H,1H3;2-3H,1H3,(H,7,8);1H3,(H,5,6);1-2H,3-4H2;1-2H3;;/b;;;2-1-;;;. The van der Waals surface area contributed by atoms with Crippen LogP contribution in [-0.2, 0) is 35.2 Å². The molecule has 0 aliphatic heterocycles. The zero-order valence-corrected chi connectivity index (χ0v) is 25.8. The SMILES string of the molecule is CC.CC(=O)C(=O)O.Cc1ncc[nH]c1=O.Cc1nccnc1Cl.N/C=C\N.O=P(Cl)(Cl)Cl.[W]. The molecule has 2 heterocycles. The fraction of sp³-hybridized carbons (Fsp3) is 0.294. The number of carboxylic acids is 1. The van der Waals surface area contributed by atoms with Crippen molar-refractivity contribution in [3.63, 3.8) is 0 Å². The molecule has 2 aromatic heterocycles. The van der Waals surface area contributed by atoms with Gasteiger partial charge in [0.1, 0.15) is 10.8 Å². The molecular formula is C17H27Cl4N6O5PW. The predicted octanol–water partition coefficient (Wildman–Crippen LogP) is 4.39. The molecule has 0 spiro atoms. The van der Waals surface area contributed by atoms with E-state index in [9.17, 15) is 18.9 Å². The van der Waals surface area contributed by atoms with Gasteiger partial charge in [0.25, 0.3) is 5.56 Å². The molecule has 2 aromatic rings. The van der Waals surface area contributed by atoms with Gasteiger partial charge in [0.2, 0.25) is 5.78 Å². The number of aromatic amines is 1. The van der Waals surface area contributed by atoms with E-state index >= 15 is 0 Å². The maximum absolute atomic E-state index is 10.5. The largest absolute Gasteiger partial charge is 0.476 e. The van der Waals surface area contributed by atoms with Crippen LogP contribution in [0.2, 0.25) is 5.15 Å². The number of hydrogen-bond acceptors (Lipinski definition) is 9. The smallest absolute Gasteiger partial charge is 0.371 e. The quantitative estimate of drug-likeness (QED) is 0.240. The molecule has 34 heavy (non-hydrogen) atoms. The van der Waals surface area contributed by atoms with E-state index in [4.69, 9.17) is 28.2 Å². The third kappa shape index (κ3) is 40.8. The van der Waals surface area contributed by atoms with Gasteiger partial charge in [-0.15, -0.1) is 0 Å². The number of H-pyrrole nitrogens is 1. The molecule has 0 radical (unpaired) electrons. The first-order chi connectivity index (χ1) is 15.2. The normalized spacial score (nSPS) is 8.62. The number of halogens is 4. The molecule has 0 fully saturated rings. The molecular weight excluding hydrogens is 725 g/mol. The van der Waals surface area contributed by atoms with Gasteiger partial charge in [-0.25, -0.2) is 9.78 Å². The number of carbonyl (C=O) groups is 2. The summed E-state index contributed by atoms with van der Waals surface area (Å²) in [5.74, 6) is -2.20. The van der Waals surface area contributed by atoms with Crippen molar-refractivity contribution < 1.29 is 40.3 Å². The first-order valence-corrected chi connectivity index (χ1v) is 13.4. The van der Waals surface area contributed by atoms with Crippen LogP contribution in [0.4, 0.5) is 0 Å². The average Bonchev–Trinajstić information content (AvgIpc) is 2.74. The average molecular weight is 752 g/mol. The van der Waals surface area contributed by atoms with Crippen LogP contribution in [0.3, 0.4) is 0 Å². The van der Waals surface area contributed by atoms with Crippen LogP contribution in [0.15, 0.2) is 42.0 Å². The van der Waals surface area contributed by atoms with Crippen molar-refractivity contribution in [2.24, 2.45) is 11.5 Å². The zero-order valence-electron chi connectivity index (χ0n) is 18.9. The Hall–Kier alpha value is -1.48. The Morgan fingerprint density at radius 3 is 1.53 bits per heavy atom. The number of rotatable bonds is 1. The Bertz CT molecular complexity index is 886. The molecule has 6 N–H and O–H groups in total. The molecule has 17 heteroatoms. The minimum atomic E-state index is -3.22. The first-order valence-electron chi connectivity index (χ1n) is 8.62. The summed E-state index contributed by atoms with van der Waals surface area (Å²) in [7, 11) is 0. The number of Topliss-reactive ketones (excluding diaryl/α,β-unsaturated/α-hetero) is 1. The van der Waals surface area contributed by atoms with E-state index in [1.807, 2.05) is 20.8 Å². The Kier molecular flexibility index (Phi) is 34.8. The second kappa shape index (κ2) is 27.8. The Labute approximate surface area is 231 Å². The number of hydrogen-bond donors (Lipinski definition) is 4. The van der Waals surface area contributed by atoms with Crippen molar-refractivity contribution in [2.45, 2.75) is 34.6 Å². The third-order valence-corrected chi connectivity index (χ3v) is 2.49. The van der Waals surface area contributed by atoms with Gasteiger partial charge in [-0.05, 0) is 47.6 Å². The number of aryl methyl sites for hydroxylation is 2. The van der Waals surface area contributed by atoms with Crippen LogP contribution in [0.5, 0.6) is 0 Å². The molecule has 0 saturated heterocycles. The number of aromatic nitrogens is 4. The van der Waals surface area contributed by atoms with Gasteiger partial charge in [0.15, 0.2) is 0 Å². The minimum Gasteiger partial charge on any atom is -0.476 e. The summed E-state index contributed by atoms with van der Waals surface area (Å²) in [6, 6.07) is 0. The molecule has 0 amide bonds. The van der Waals surface area contributed by atoms with E-state index in [2.05, 4.69) is 53.7 Å². The maximum atomic E-state index is 10.5. The summed E-state index contributed by atoms with van der Waals surface area (Å²) >= 11 is 19.4. The Balaban J connectivity index is -0.000000103. The summed E-state index contributed by atoms with van der Waals surface area (Å²) < 4.78 is 9.51. The van der Waals surface area contributed by atoms with Gasteiger partial charge >= 0.3 is 11.2 Å². The summed E-state index contributed by atoms with van der Waals surface area (Å²) in [6.07, 6.45) is 8.79. The van der Waals surface area contributed by atoms with Crippen molar-refractivity contribution in [2.75, 3.05) is 0 Å². The van der Waals surface area contributed by atoms with Gasteiger partial charge in [-0.2, -0.15) is 0 Å². The fourth-order valence-electron chi connectivity index (χ4n) is 0.816. The van der Waals surface area contributed by atoms with Gasteiger partial charge in [-0.1, -0.05) is 25.4 Å². The predicted molar refractivity (Wildman–Crippen MR) is 134 cm³/mol. The van der Waals surface area contributed by atoms with Crippen molar-refractivity contribution in [3.05, 3.63) is 64.1 Å². The topological polar surface area (TPSA) is 195 Å². The molecule has 0 saturated carbocycles. The molecule has 11 nitrogen and oxygen atoms in total. The van der Waals surface area contributed by atoms with E-state index in [1.54, 1.807) is 25.5 Å². The van der Waals surface area contributed by atoms with Crippen LogP contribution in [0.25, 0.3) is 0 Å². The van der Waals surface area contributed by atoms with Gasteiger partial charge in [0, 0.05) is 65.2 Å². The Morgan fingerprint density at radius 1 is 1.00 bits per heavy atom. The van der Waals surface area contributed by atoms with Crippen LogP contribution >= 0.6 is 50.5 Å². The maximum Gasteiger partial charge on any atom is 0.371 e. The van der Waals surface area contributed by atoms with Crippen molar-refractivity contribution in [3.8, 4) is 0 Å². The van der Waals surface area contributed by atoms with Crippen molar-refractivity contribution in [1.29, 1.82) is 0 Å². The summed E-state index contributed by atoms with van der Waals surface area (Å²) in [5, 5.41) is 4.90. The van der Waals surface area contributed by atoms with Gasteiger partial charge in [0.05, 0.1) is 5.69 Å². The van der Waals surface area contributed by atoms with Crippen LogP contribution < -0.4 is 17.0 Å². The first kappa shape index (κ1) is 42.7. The van der Waals surface area contributed by atoms with Crippen molar-refractivity contribution in [1.82, 2.24) is 19.9 Å². The second-order valence-electron chi connectivity index (χ2n) is 4.58. The molecule has 0 aliphatic rings. The van der Waals surface area contributed by atoms with E-state index in [0.29, 0.717) is 10.8 Å². The van der Waals surface area contributed by atoms with Crippen LogP contribution in [0, 0.1) is 13.8 Å². The van der Waals surface area contributed by atoms with E-state index in [-0.39, 0.29) is 26.6 Å². The number of nitrogens with one attached hydrogen (secondary N) is 1. The molecule has 0 atom stereocenters. The van der Waals surface area contributed by atoms with Gasteiger partial charge in [-0.3, -0.25) is 24.1 Å². The minimum absolute atomic E-state index is 0. The van der Waals surface area contributed by atoms with Crippen molar-refractivity contribution >= 4 is 62.3 Å². The summed E-state index contributed by atoms with van der Waals surface area (Å²) in [4.78, 5) is 43.3. The summed E-state index contributed by atoms with van der Waals surface area (Å²) in [6.45, 7) is 8.48. The zero-order chi connectivity index (χ0) is 27.0. The molecule has 0 aromatic carbocycles. The number of ketones is 1. The summed E-state index contributed by atoms with van der Waals surface area (Å²) in [5.41, 5.74) is 10.6. The number of carbonyl (C=O) groups excluding carboxylic acids is 1. The Morgan fingerprint density at radius 2 is 1.35 bits per heavy atom. The molecule has 0 aliphatic carbocycles. The third-order valence-electron chi connectivity index (χ3n) is 2.12. The second-order valence-corrected chi connectivity index (χ2v) is 11.6. The van der Waals surface area contributed by atoms with Gasteiger partial charge < -0.3 is 21.6 Å². The number of nitrogens with two attached hydrogens (primary N) is 2. The fourth-order valence-corrected chi connectivity index (χ4v) is 0.921. The molecule has 194 valence electrons. The van der Waals surface area contributed by atoms with Crippen LogP contribution in [-0.4, -0.2) is 36.8 Å². The van der Waals surface area contributed by atoms with E-state index in [0.717, 1.165) is 12.6 Å². The molecule has 0 unspecified atom stereocenters. The molecule has 0 bridgehead atoms. The number of aliphatic carboxylic acids is 1. The van der Waals surface area contributed by atoms with Crippen LogP contribution in [0.1, 0.15) is 32.2 Å².